The Bertz CT molecular complexity index is 324. The Kier molecular flexibility index (Phi) is 2.28. The summed E-state index contributed by atoms with van der Waals surface area (Å²) in [6, 6.07) is 7.14. The Morgan fingerprint density at radius 2 is 2.23 bits per heavy atom. The molecule has 0 radical (unpaired) electrons. The molecule has 1 atom stereocenters. The molecule has 1 aromatic rings. The van der Waals surface area contributed by atoms with Crippen LogP contribution in [0.25, 0.3) is 0 Å². The van der Waals surface area contributed by atoms with Gasteiger partial charge < -0.3 is 15.8 Å². The Morgan fingerprint density at radius 3 is 2.85 bits per heavy atom. The van der Waals surface area contributed by atoms with Gasteiger partial charge in [-0.25, -0.2) is 0 Å². The first-order valence-electron chi connectivity index (χ1n) is 5.63. The number of benzene rings is 1. The van der Waals surface area contributed by atoms with E-state index in [-0.39, 0.29) is 12.6 Å². The van der Waals surface area contributed by atoms with Gasteiger partial charge in [-0.1, -0.05) is 0 Å². The van der Waals surface area contributed by atoms with Crippen LogP contribution in [0.4, 0.5) is 11.4 Å². The minimum absolute atomic E-state index is 0.0796. The van der Waals surface area contributed by atoms with Crippen molar-refractivity contribution in [3.8, 4) is 0 Å². The van der Waals surface area contributed by atoms with Gasteiger partial charge in [-0.15, -0.1) is 0 Å². The fourth-order valence-corrected chi connectivity index (χ4v) is 1.03. The Hall–Kier alpha value is -1.22. The van der Waals surface area contributed by atoms with E-state index in [1.54, 1.807) is 12.1 Å². The molecule has 3 N–H and O–H groups in total. The maximum Gasteiger partial charge on any atom is 0.0661 e. The molecular weight excluding hydrogens is 164 g/mol. The van der Waals surface area contributed by atoms with Crippen molar-refractivity contribution in [3.63, 3.8) is 0 Å². The van der Waals surface area contributed by atoms with Crippen molar-refractivity contribution in [2.75, 3.05) is 24.7 Å². The van der Waals surface area contributed by atoms with E-state index in [1.807, 2.05) is 19.1 Å². The second-order valence-corrected chi connectivity index (χ2v) is 2.98. The summed E-state index contributed by atoms with van der Waals surface area (Å²) in [6.45, 7) is 1.98. The van der Waals surface area contributed by atoms with Gasteiger partial charge in [-0.05, 0) is 31.2 Å². The molecule has 0 aromatic heterocycles. The van der Waals surface area contributed by atoms with E-state index in [2.05, 4.69) is 5.32 Å². The summed E-state index contributed by atoms with van der Waals surface area (Å²) in [4.78, 5) is 0. The molecule has 0 spiro atoms. The van der Waals surface area contributed by atoms with Crippen molar-refractivity contribution in [1.29, 1.82) is 0 Å². The van der Waals surface area contributed by atoms with Gasteiger partial charge in [0.25, 0.3) is 0 Å². The maximum absolute atomic E-state index is 6.90. The van der Waals surface area contributed by atoms with Gasteiger partial charge in [0.1, 0.15) is 0 Å². The lowest BCUT2D eigenvalue weighted by atomic mass is 10.2. The van der Waals surface area contributed by atoms with Crippen LogP contribution in [-0.4, -0.2) is 19.7 Å². The van der Waals surface area contributed by atoms with E-state index < -0.39 is 7.04 Å². The fourth-order valence-electron chi connectivity index (χ4n) is 1.03. The van der Waals surface area contributed by atoms with Gasteiger partial charge in [-0.2, -0.15) is 0 Å². The molecule has 0 heterocycles. The van der Waals surface area contributed by atoms with Crippen LogP contribution in [0.3, 0.4) is 0 Å². The van der Waals surface area contributed by atoms with E-state index in [0.29, 0.717) is 5.69 Å². The summed E-state index contributed by atoms with van der Waals surface area (Å²) in [7, 11) is -2.34. The predicted molar refractivity (Wildman–Crippen MR) is 55.8 cm³/mol. The molecule has 1 aromatic carbocycles. The molecule has 0 saturated carbocycles. The SMILES string of the molecule is [2H]C([2H])([2H])OCC(C)Nc1ccc(N)cc1. The fraction of sp³-hybridized carbons (Fsp3) is 0.400. The third-order valence-electron chi connectivity index (χ3n) is 1.66. The summed E-state index contributed by atoms with van der Waals surface area (Å²) in [5, 5.41) is 3.11. The average Bonchev–Trinajstić information content (AvgIpc) is 2.18. The number of ether oxygens (including phenoxy) is 1. The van der Waals surface area contributed by atoms with Gasteiger partial charge in [0.2, 0.25) is 0 Å². The van der Waals surface area contributed by atoms with Crippen LogP contribution >= 0.6 is 0 Å². The third kappa shape index (κ3) is 3.34. The summed E-state index contributed by atoms with van der Waals surface area (Å²) in [5.74, 6) is 0. The van der Waals surface area contributed by atoms with E-state index in [4.69, 9.17) is 14.6 Å². The van der Waals surface area contributed by atoms with Crippen molar-refractivity contribution in [3.05, 3.63) is 24.3 Å². The smallest absolute Gasteiger partial charge is 0.0661 e. The normalized spacial score (nSPS) is 16.8. The first-order chi connectivity index (χ1) is 7.37. The molecule has 13 heavy (non-hydrogen) atoms. The third-order valence-corrected chi connectivity index (χ3v) is 1.66. The highest BCUT2D eigenvalue weighted by atomic mass is 16.5. The zero-order valence-electron chi connectivity index (χ0n) is 10.6. The number of nitrogens with two attached hydrogens (primary N) is 1. The van der Waals surface area contributed by atoms with Gasteiger partial charge in [0, 0.05) is 24.5 Å². The van der Waals surface area contributed by atoms with E-state index in [1.165, 1.54) is 0 Å². The monoisotopic (exact) mass is 183 g/mol. The number of anilines is 2. The summed E-state index contributed by atoms with van der Waals surface area (Å²) in [5.41, 5.74) is 7.12. The first-order valence-corrected chi connectivity index (χ1v) is 4.13. The minimum Gasteiger partial charge on any atom is -0.399 e. The number of rotatable bonds is 4. The summed E-state index contributed by atoms with van der Waals surface area (Å²) >= 11 is 0. The molecule has 0 saturated heterocycles. The summed E-state index contributed by atoms with van der Waals surface area (Å²) in [6.07, 6.45) is 0. The van der Waals surface area contributed by atoms with Crippen LogP contribution in [0.15, 0.2) is 24.3 Å². The molecule has 0 amide bonds. The van der Waals surface area contributed by atoms with Gasteiger partial charge in [0.15, 0.2) is 0 Å². The first kappa shape index (κ1) is 6.27. The Labute approximate surface area is 83.1 Å². The maximum atomic E-state index is 6.90. The topological polar surface area (TPSA) is 47.3 Å². The van der Waals surface area contributed by atoms with Crippen LogP contribution in [0.1, 0.15) is 11.0 Å². The molecule has 0 aliphatic rings. The van der Waals surface area contributed by atoms with Crippen molar-refractivity contribution in [2.45, 2.75) is 13.0 Å². The zero-order valence-corrected chi connectivity index (χ0v) is 7.58. The second kappa shape index (κ2) is 4.72. The van der Waals surface area contributed by atoms with Gasteiger partial charge >= 0.3 is 0 Å². The predicted octanol–water partition coefficient (Wildman–Crippen LogP) is 1.72. The van der Waals surface area contributed by atoms with Gasteiger partial charge in [-0.3, -0.25) is 0 Å². The number of nitrogens with one attached hydrogen (secondary N) is 1. The standard InChI is InChI=1S/C10H16N2O/c1-8(7-13-2)12-10-5-3-9(11)4-6-10/h3-6,8,12H,7,11H2,1-2H3/i2D3. The molecule has 3 nitrogen and oxygen atoms in total. The largest absolute Gasteiger partial charge is 0.399 e. The molecular formula is C10H16N2O. The van der Waals surface area contributed by atoms with Crippen LogP contribution in [0, 0.1) is 0 Å². The second-order valence-electron chi connectivity index (χ2n) is 2.98. The lowest BCUT2D eigenvalue weighted by molar-refractivity contribution is 0.190. The molecule has 0 bridgehead atoms. The summed E-state index contributed by atoms with van der Waals surface area (Å²) < 4.78 is 25.4. The number of hydrogen-bond donors (Lipinski definition) is 2. The number of methoxy groups -OCH3 is 1. The van der Waals surface area contributed by atoms with Crippen molar-refractivity contribution >= 4 is 11.4 Å². The average molecular weight is 183 g/mol. The number of hydrogen-bond acceptors (Lipinski definition) is 3. The van der Waals surface area contributed by atoms with E-state index in [0.717, 1.165) is 5.69 Å². The zero-order chi connectivity index (χ0) is 12.2. The van der Waals surface area contributed by atoms with Gasteiger partial charge in [0.05, 0.1) is 10.7 Å². The minimum atomic E-state index is -2.34. The number of nitrogen functional groups attached to an aromatic ring is 1. The highest BCUT2D eigenvalue weighted by Gasteiger charge is 1.99. The van der Waals surface area contributed by atoms with Crippen molar-refractivity contribution in [2.24, 2.45) is 0 Å². The molecule has 0 fully saturated rings. The van der Waals surface area contributed by atoms with Crippen molar-refractivity contribution < 1.29 is 8.85 Å². The molecule has 72 valence electrons. The Balaban J connectivity index is 2.39. The highest BCUT2D eigenvalue weighted by molar-refractivity contribution is 5.51. The van der Waals surface area contributed by atoms with Crippen molar-refractivity contribution in [1.82, 2.24) is 0 Å². The molecule has 3 heteroatoms. The lowest BCUT2D eigenvalue weighted by Gasteiger charge is -2.13. The molecule has 1 rings (SSSR count). The Morgan fingerprint density at radius 1 is 1.54 bits per heavy atom. The quantitative estimate of drug-likeness (QED) is 0.699. The van der Waals surface area contributed by atoms with Crippen LogP contribution in [0.2, 0.25) is 0 Å². The van der Waals surface area contributed by atoms with Crippen LogP contribution in [0.5, 0.6) is 0 Å². The van der Waals surface area contributed by atoms with Crippen LogP contribution < -0.4 is 11.1 Å². The molecule has 1 unspecified atom stereocenters. The van der Waals surface area contributed by atoms with E-state index in [9.17, 15) is 0 Å². The van der Waals surface area contributed by atoms with E-state index >= 15 is 0 Å². The lowest BCUT2D eigenvalue weighted by Crippen LogP contribution is -2.20. The molecule has 0 aliphatic carbocycles. The highest BCUT2D eigenvalue weighted by Crippen LogP contribution is 2.11. The van der Waals surface area contributed by atoms with Crippen LogP contribution in [-0.2, 0) is 4.74 Å². The molecule has 0 aliphatic heterocycles.